The van der Waals surface area contributed by atoms with Gasteiger partial charge in [-0.15, -0.1) is 0 Å². The van der Waals surface area contributed by atoms with Gasteiger partial charge in [-0.05, 0) is 45.1 Å². The van der Waals surface area contributed by atoms with Gasteiger partial charge in [-0.2, -0.15) is 0 Å². The lowest BCUT2D eigenvalue weighted by Gasteiger charge is -2.28. The van der Waals surface area contributed by atoms with Gasteiger partial charge in [-0.3, -0.25) is 24.2 Å². The molecule has 3 amide bonds. The predicted octanol–water partition coefficient (Wildman–Crippen LogP) is -2.98. The molecule has 0 aromatic heterocycles. The minimum atomic E-state index is -1.69. The number of nitrogens with zero attached hydrogens (tertiary/aromatic N) is 2. The van der Waals surface area contributed by atoms with Crippen LogP contribution in [0, 0.1) is 0 Å². The number of guanidine groups is 1. The number of carboxylic acid groups (broad SMARTS) is 2. The molecule has 15 nitrogen and oxygen atoms in total. The molecule has 204 valence electrons. The Labute approximate surface area is 209 Å². The molecular formula is C21H38N8O7. The third-order valence-electron chi connectivity index (χ3n) is 5.70. The third-order valence-corrected chi connectivity index (χ3v) is 5.70. The Balaban J connectivity index is 2.93. The average Bonchev–Trinajstić information content (AvgIpc) is 3.29. The van der Waals surface area contributed by atoms with Gasteiger partial charge in [0.15, 0.2) is 5.96 Å². The molecule has 0 bridgehead atoms. The van der Waals surface area contributed by atoms with Gasteiger partial charge in [0.2, 0.25) is 17.7 Å². The summed E-state index contributed by atoms with van der Waals surface area (Å²) in [5.74, 6) is -4.95. The lowest BCUT2D eigenvalue weighted by atomic mass is 10.1. The summed E-state index contributed by atoms with van der Waals surface area (Å²) in [6, 6.07) is -4.53. The zero-order valence-electron chi connectivity index (χ0n) is 20.2. The third kappa shape index (κ3) is 10.4. The number of rotatable bonds is 16. The summed E-state index contributed by atoms with van der Waals surface area (Å²) < 4.78 is 0. The summed E-state index contributed by atoms with van der Waals surface area (Å²) in [6.45, 7) is 0.964. The molecule has 4 atom stereocenters. The molecule has 0 radical (unpaired) electrons. The highest BCUT2D eigenvalue weighted by atomic mass is 16.4. The van der Waals surface area contributed by atoms with Crippen LogP contribution in [0.25, 0.3) is 0 Å². The monoisotopic (exact) mass is 514 g/mol. The summed E-state index contributed by atoms with van der Waals surface area (Å²) in [5.41, 5.74) is 22.1. The Morgan fingerprint density at radius 3 is 2.28 bits per heavy atom. The standard InChI is InChI=1S/C21H38N8O7/c22-8-2-1-5-12(23)19(34)29-10-4-7-15(29)18(33)27-13(6-3-9-26-21(24)25)17(32)28-14(20(35)36)11-16(30)31/h12-15H,1-11,22-23H2,(H,27,33)(H,28,32)(H,30,31)(H,35,36)(H4,24,25,26). The highest BCUT2D eigenvalue weighted by Gasteiger charge is 2.37. The van der Waals surface area contributed by atoms with Gasteiger partial charge in [0, 0.05) is 13.1 Å². The predicted molar refractivity (Wildman–Crippen MR) is 129 cm³/mol. The molecule has 1 fully saturated rings. The van der Waals surface area contributed by atoms with Crippen LogP contribution >= 0.6 is 0 Å². The minimum absolute atomic E-state index is 0.0348. The highest BCUT2D eigenvalue weighted by Crippen LogP contribution is 2.20. The van der Waals surface area contributed by atoms with E-state index in [2.05, 4.69) is 15.6 Å². The molecule has 1 aliphatic rings. The first-order valence-electron chi connectivity index (χ1n) is 11.8. The van der Waals surface area contributed by atoms with Crippen LogP contribution < -0.4 is 33.6 Å². The van der Waals surface area contributed by atoms with Crippen LogP contribution in [0.4, 0.5) is 0 Å². The normalized spacial score (nSPS) is 17.5. The molecule has 36 heavy (non-hydrogen) atoms. The number of nitrogens with two attached hydrogens (primary N) is 4. The summed E-state index contributed by atoms with van der Waals surface area (Å²) in [7, 11) is 0. The van der Waals surface area contributed by atoms with E-state index in [9.17, 15) is 29.1 Å². The van der Waals surface area contributed by atoms with E-state index < -0.39 is 54.3 Å². The van der Waals surface area contributed by atoms with Crippen LogP contribution in [0.2, 0.25) is 0 Å². The van der Waals surface area contributed by atoms with E-state index in [0.717, 1.165) is 6.42 Å². The molecule has 15 heteroatoms. The zero-order chi connectivity index (χ0) is 27.3. The molecular weight excluding hydrogens is 476 g/mol. The number of hydrogen-bond acceptors (Lipinski definition) is 8. The van der Waals surface area contributed by atoms with Gasteiger partial charge in [0.25, 0.3) is 0 Å². The van der Waals surface area contributed by atoms with Gasteiger partial charge < -0.3 is 48.7 Å². The van der Waals surface area contributed by atoms with Crippen LogP contribution in [0.3, 0.4) is 0 Å². The minimum Gasteiger partial charge on any atom is -0.481 e. The van der Waals surface area contributed by atoms with Crippen molar-refractivity contribution in [2.45, 2.75) is 75.5 Å². The molecule has 0 aromatic carbocycles. The van der Waals surface area contributed by atoms with E-state index in [4.69, 9.17) is 28.0 Å². The molecule has 0 saturated carbocycles. The number of carboxylic acids is 2. The van der Waals surface area contributed by atoms with Gasteiger partial charge in [0.05, 0.1) is 12.5 Å². The van der Waals surface area contributed by atoms with E-state index in [1.807, 2.05) is 0 Å². The zero-order valence-corrected chi connectivity index (χ0v) is 20.2. The lowest BCUT2D eigenvalue weighted by Crippen LogP contribution is -2.56. The van der Waals surface area contributed by atoms with Crippen molar-refractivity contribution in [2.75, 3.05) is 19.6 Å². The Kier molecular flexibility index (Phi) is 13.2. The second kappa shape index (κ2) is 15.5. The van der Waals surface area contributed by atoms with Crippen molar-refractivity contribution in [1.29, 1.82) is 0 Å². The molecule has 1 rings (SSSR count). The second-order valence-corrected chi connectivity index (χ2v) is 8.59. The van der Waals surface area contributed by atoms with Crippen LogP contribution in [-0.4, -0.2) is 94.5 Å². The lowest BCUT2D eigenvalue weighted by molar-refractivity contribution is -0.147. The van der Waals surface area contributed by atoms with Crippen LogP contribution in [-0.2, 0) is 24.0 Å². The van der Waals surface area contributed by atoms with Crippen molar-refractivity contribution in [3.8, 4) is 0 Å². The summed E-state index contributed by atoms with van der Waals surface area (Å²) in [5, 5.41) is 22.9. The van der Waals surface area contributed by atoms with Crippen molar-refractivity contribution in [1.82, 2.24) is 15.5 Å². The van der Waals surface area contributed by atoms with Crippen LogP contribution in [0.1, 0.15) is 51.4 Å². The first kappa shape index (κ1) is 30.6. The molecule has 0 spiro atoms. The Morgan fingerprint density at radius 2 is 1.69 bits per heavy atom. The maximum Gasteiger partial charge on any atom is 0.326 e. The van der Waals surface area contributed by atoms with Crippen molar-refractivity contribution >= 4 is 35.6 Å². The number of hydrogen-bond donors (Lipinski definition) is 8. The smallest absolute Gasteiger partial charge is 0.326 e. The SMILES string of the molecule is NCCCCC(N)C(=O)N1CCCC1C(=O)NC(CCCN=C(N)N)C(=O)NC(CC(=O)O)C(=O)O. The molecule has 1 saturated heterocycles. The molecule has 0 aliphatic carbocycles. The van der Waals surface area contributed by atoms with Gasteiger partial charge in [-0.1, -0.05) is 6.42 Å². The fourth-order valence-corrected chi connectivity index (χ4v) is 3.84. The van der Waals surface area contributed by atoms with Crippen molar-refractivity contribution in [2.24, 2.45) is 27.9 Å². The Bertz CT molecular complexity index is 818. The van der Waals surface area contributed by atoms with E-state index in [1.165, 1.54) is 4.90 Å². The number of carbonyl (C=O) groups excluding carboxylic acids is 3. The van der Waals surface area contributed by atoms with Crippen LogP contribution in [0.15, 0.2) is 4.99 Å². The first-order valence-corrected chi connectivity index (χ1v) is 11.8. The molecule has 12 N–H and O–H groups in total. The molecule has 1 heterocycles. The van der Waals surface area contributed by atoms with Crippen LogP contribution in [0.5, 0.6) is 0 Å². The Hall–Kier alpha value is -3.46. The largest absolute Gasteiger partial charge is 0.481 e. The average molecular weight is 515 g/mol. The summed E-state index contributed by atoms with van der Waals surface area (Å²) >= 11 is 0. The van der Waals surface area contributed by atoms with Crippen molar-refractivity contribution < 1.29 is 34.2 Å². The van der Waals surface area contributed by atoms with Crippen molar-refractivity contribution in [3.05, 3.63) is 0 Å². The number of unbranched alkanes of at least 4 members (excludes halogenated alkanes) is 1. The number of aliphatic imine (C=N–C) groups is 1. The van der Waals surface area contributed by atoms with Crippen molar-refractivity contribution in [3.63, 3.8) is 0 Å². The fourth-order valence-electron chi connectivity index (χ4n) is 3.84. The number of amides is 3. The van der Waals surface area contributed by atoms with E-state index in [1.54, 1.807) is 0 Å². The fraction of sp³-hybridized carbons (Fsp3) is 0.714. The first-order chi connectivity index (χ1) is 17.0. The highest BCUT2D eigenvalue weighted by molar-refractivity contribution is 5.95. The maximum atomic E-state index is 13.1. The Morgan fingerprint density at radius 1 is 1.00 bits per heavy atom. The number of nitrogens with one attached hydrogen (secondary N) is 2. The van der Waals surface area contributed by atoms with Gasteiger partial charge in [0.1, 0.15) is 18.1 Å². The van der Waals surface area contributed by atoms with E-state index >= 15 is 0 Å². The quantitative estimate of drug-likeness (QED) is 0.0584. The number of aliphatic carboxylic acids is 2. The van der Waals surface area contributed by atoms with E-state index in [-0.39, 0.29) is 31.3 Å². The number of carbonyl (C=O) groups is 5. The van der Waals surface area contributed by atoms with E-state index in [0.29, 0.717) is 38.8 Å². The summed E-state index contributed by atoms with van der Waals surface area (Å²) in [4.78, 5) is 66.2. The summed E-state index contributed by atoms with van der Waals surface area (Å²) in [6.07, 6.45) is 2.21. The van der Waals surface area contributed by atoms with Gasteiger partial charge in [-0.25, -0.2) is 4.79 Å². The topological polar surface area (TPSA) is 270 Å². The molecule has 1 aliphatic heterocycles. The molecule has 0 aromatic rings. The molecule has 4 unspecified atom stereocenters. The number of likely N-dealkylation sites (tertiary alicyclic amines) is 1. The maximum absolute atomic E-state index is 13.1. The second-order valence-electron chi connectivity index (χ2n) is 8.59. The van der Waals surface area contributed by atoms with Gasteiger partial charge >= 0.3 is 11.9 Å².